The fraction of sp³-hybridized carbons (Fsp3) is 1.00. The van der Waals surface area contributed by atoms with Crippen LogP contribution in [0.5, 0.6) is 0 Å². The van der Waals surface area contributed by atoms with E-state index in [-0.39, 0.29) is 0 Å². The molecule has 0 aliphatic carbocycles. The second-order valence-electron chi connectivity index (χ2n) is 7.47. The lowest BCUT2D eigenvalue weighted by Crippen LogP contribution is -2.61. The van der Waals surface area contributed by atoms with Crippen LogP contribution in [0.15, 0.2) is 0 Å². The van der Waals surface area contributed by atoms with E-state index < -0.39 is 0 Å². The topological polar surface area (TPSA) is 39.3 Å². The molecule has 0 aromatic carbocycles. The molecule has 4 heteroatoms. The van der Waals surface area contributed by atoms with Crippen molar-refractivity contribution in [1.29, 1.82) is 0 Å². The summed E-state index contributed by atoms with van der Waals surface area (Å²) < 4.78 is 0. The molecule has 0 saturated carbocycles. The normalized spacial score (nSPS) is 20.0. The lowest BCUT2D eigenvalue weighted by atomic mass is 10.00. The van der Waals surface area contributed by atoms with Gasteiger partial charge in [0.15, 0.2) is 0 Å². The molecule has 0 amide bonds. The minimum atomic E-state index is 0.585. The number of rotatable bonds is 11. The van der Waals surface area contributed by atoms with Gasteiger partial charge < -0.3 is 16.0 Å². The van der Waals surface area contributed by atoms with Gasteiger partial charge in [-0.05, 0) is 39.7 Å². The minimum absolute atomic E-state index is 0.585. The molecule has 1 aliphatic rings. The monoisotopic (exact) mass is 298 g/mol. The lowest BCUT2D eigenvalue weighted by Gasteiger charge is -2.43. The van der Waals surface area contributed by atoms with E-state index >= 15 is 0 Å². The van der Waals surface area contributed by atoms with Gasteiger partial charge in [-0.15, -0.1) is 0 Å². The summed E-state index contributed by atoms with van der Waals surface area (Å²) in [5, 5.41) is 10.8. The molecule has 1 unspecified atom stereocenters. The zero-order valence-electron chi connectivity index (χ0n) is 15.1. The van der Waals surface area contributed by atoms with E-state index in [1.54, 1.807) is 0 Å². The highest BCUT2D eigenvalue weighted by molar-refractivity contribution is 4.89. The quantitative estimate of drug-likeness (QED) is 0.508. The van der Waals surface area contributed by atoms with Crippen molar-refractivity contribution in [3.63, 3.8) is 0 Å². The Morgan fingerprint density at radius 2 is 1.67 bits per heavy atom. The van der Waals surface area contributed by atoms with E-state index in [0.29, 0.717) is 24.2 Å². The molecular weight excluding hydrogens is 260 g/mol. The van der Waals surface area contributed by atoms with Gasteiger partial charge in [-0.1, -0.05) is 20.8 Å². The average Bonchev–Trinajstić information content (AvgIpc) is 2.31. The van der Waals surface area contributed by atoms with Gasteiger partial charge >= 0.3 is 0 Å². The Hall–Kier alpha value is -0.160. The zero-order chi connectivity index (χ0) is 15.8. The van der Waals surface area contributed by atoms with E-state index in [9.17, 15) is 0 Å². The highest BCUT2D eigenvalue weighted by atomic mass is 15.3. The standard InChI is InChI=1S/C17H38N4/c1-13(2)19-8-7-18-10-15(5)9-16(6)20-17-11-21(12-17)14(3)4/h13-20H,7-12H2,1-6H3/t15-,16?/m1/s1. The first kappa shape index (κ1) is 18.9. The Bertz CT molecular complexity index is 262. The van der Waals surface area contributed by atoms with Gasteiger partial charge in [0.25, 0.3) is 0 Å². The summed E-state index contributed by atoms with van der Waals surface area (Å²) in [4.78, 5) is 2.52. The molecule has 0 aromatic rings. The molecule has 0 aromatic heterocycles. The van der Waals surface area contributed by atoms with E-state index in [2.05, 4.69) is 62.4 Å². The summed E-state index contributed by atoms with van der Waals surface area (Å²) >= 11 is 0. The van der Waals surface area contributed by atoms with Crippen LogP contribution in [0.2, 0.25) is 0 Å². The summed E-state index contributed by atoms with van der Waals surface area (Å²) in [7, 11) is 0. The summed E-state index contributed by atoms with van der Waals surface area (Å²) in [5.74, 6) is 0.729. The summed E-state index contributed by atoms with van der Waals surface area (Å²) in [6.45, 7) is 19.3. The predicted molar refractivity (Wildman–Crippen MR) is 92.9 cm³/mol. The van der Waals surface area contributed by atoms with Crippen LogP contribution < -0.4 is 16.0 Å². The molecule has 1 saturated heterocycles. The van der Waals surface area contributed by atoms with Gasteiger partial charge in [0, 0.05) is 50.3 Å². The van der Waals surface area contributed by atoms with Gasteiger partial charge in [-0.25, -0.2) is 0 Å². The molecule has 0 radical (unpaired) electrons. The molecule has 4 nitrogen and oxygen atoms in total. The van der Waals surface area contributed by atoms with Crippen molar-refractivity contribution in [2.75, 3.05) is 32.7 Å². The largest absolute Gasteiger partial charge is 0.315 e. The van der Waals surface area contributed by atoms with Crippen molar-refractivity contribution >= 4 is 0 Å². The molecule has 0 spiro atoms. The van der Waals surface area contributed by atoms with Crippen LogP contribution in [0.3, 0.4) is 0 Å². The van der Waals surface area contributed by atoms with Crippen LogP contribution in [0.4, 0.5) is 0 Å². The van der Waals surface area contributed by atoms with Crippen molar-refractivity contribution in [3.8, 4) is 0 Å². The maximum atomic E-state index is 3.77. The molecule has 1 heterocycles. The molecule has 2 atom stereocenters. The Morgan fingerprint density at radius 3 is 2.24 bits per heavy atom. The highest BCUT2D eigenvalue weighted by Crippen LogP contribution is 2.14. The number of hydrogen-bond acceptors (Lipinski definition) is 4. The molecule has 21 heavy (non-hydrogen) atoms. The first-order valence-electron chi connectivity index (χ1n) is 8.82. The van der Waals surface area contributed by atoms with E-state index in [1.165, 1.54) is 19.5 Å². The molecular formula is C17H38N4. The Labute approximate surface area is 132 Å². The molecule has 126 valence electrons. The predicted octanol–water partition coefficient (Wildman–Crippen LogP) is 1.67. The van der Waals surface area contributed by atoms with Crippen LogP contribution in [-0.4, -0.2) is 61.8 Å². The third-order valence-electron chi connectivity index (χ3n) is 4.26. The second-order valence-corrected chi connectivity index (χ2v) is 7.47. The number of likely N-dealkylation sites (tertiary alicyclic amines) is 1. The smallest absolute Gasteiger partial charge is 0.0325 e. The summed E-state index contributed by atoms with van der Waals surface area (Å²) in [5.41, 5.74) is 0. The fourth-order valence-electron chi connectivity index (χ4n) is 2.99. The van der Waals surface area contributed by atoms with Gasteiger partial charge in [-0.2, -0.15) is 0 Å². The molecule has 1 rings (SSSR count). The molecule has 1 aliphatic heterocycles. The van der Waals surface area contributed by atoms with E-state index in [1.807, 2.05) is 0 Å². The summed E-state index contributed by atoms with van der Waals surface area (Å²) in [6.07, 6.45) is 1.25. The van der Waals surface area contributed by atoms with Crippen LogP contribution in [0.25, 0.3) is 0 Å². The fourth-order valence-corrected chi connectivity index (χ4v) is 2.99. The third-order valence-corrected chi connectivity index (χ3v) is 4.26. The van der Waals surface area contributed by atoms with Gasteiger partial charge in [0.1, 0.15) is 0 Å². The third kappa shape index (κ3) is 8.15. The molecule has 1 fully saturated rings. The van der Waals surface area contributed by atoms with Crippen molar-refractivity contribution < 1.29 is 0 Å². The van der Waals surface area contributed by atoms with Crippen LogP contribution in [0, 0.1) is 5.92 Å². The maximum Gasteiger partial charge on any atom is 0.0325 e. The van der Waals surface area contributed by atoms with Gasteiger partial charge in [-0.3, -0.25) is 4.90 Å². The SMILES string of the molecule is CC(C)NCCNC[C@H](C)CC(C)NC1CN(C(C)C)C1. The Morgan fingerprint density at radius 1 is 1.00 bits per heavy atom. The van der Waals surface area contributed by atoms with Crippen LogP contribution in [0.1, 0.15) is 48.0 Å². The molecule has 0 bridgehead atoms. The van der Waals surface area contributed by atoms with Crippen molar-refractivity contribution in [2.24, 2.45) is 5.92 Å². The number of hydrogen-bond donors (Lipinski definition) is 3. The number of nitrogens with one attached hydrogen (secondary N) is 3. The minimum Gasteiger partial charge on any atom is -0.315 e. The Balaban J connectivity index is 1.99. The van der Waals surface area contributed by atoms with E-state index in [0.717, 1.165) is 25.6 Å². The Kier molecular flexibility index (Phi) is 8.79. The van der Waals surface area contributed by atoms with Crippen molar-refractivity contribution in [3.05, 3.63) is 0 Å². The van der Waals surface area contributed by atoms with E-state index in [4.69, 9.17) is 0 Å². The van der Waals surface area contributed by atoms with Crippen molar-refractivity contribution in [1.82, 2.24) is 20.9 Å². The zero-order valence-corrected chi connectivity index (χ0v) is 15.1. The first-order valence-corrected chi connectivity index (χ1v) is 8.82. The number of nitrogens with zero attached hydrogens (tertiary/aromatic N) is 1. The first-order chi connectivity index (χ1) is 9.88. The van der Waals surface area contributed by atoms with Gasteiger partial charge in [0.05, 0.1) is 0 Å². The summed E-state index contributed by atoms with van der Waals surface area (Å²) in [6, 6.07) is 2.61. The lowest BCUT2D eigenvalue weighted by molar-refractivity contribution is 0.0844. The van der Waals surface area contributed by atoms with Crippen molar-refractivity contribution in [2.45, 2.75) is 72.1 Å². The molecule has 3 N–H and O–H groups in total. The van der Waals surface area contributed by atoms with Crippen LogP contribution >= 0.6 is 0 Å². The highest BCUT2D eigenvalue weighted by Gasteiger charge is 2.29. The average molecular weight is 299 g/mol. The van der Waals surface area contributed by atoms with Gasteiger partial charge in [0.2, 0.25) is 0 Å². The maximum absolute atomic E-state index is 3.77. The second kappa shape index (κ2) is 9.78. The van der Waals surface area contributed by atoms with Crippen LogP contribution in [-0.2, 0) is 0 Å².